The smallest absolute Gasteiger partial charge is 0.0300 e. The average Bonchev–Trinajstić information content (AvgIpc) is 2.45. The molecule has 0 saturated heterocycles. The maximum Gasteiger partial charge on any atom is 0.0300 e. The summed E-state index contributed by atoms with van der Waals surface area (Å²) in [5, 5.41) is 0. The van der Waals surface area contributed by atoms with Gasteiger partial charge in [0.25, 0.3) is 0 Å². The summed E-state index contributed by atoms with van der Waals surface area (Å²) >= 11 is 0. The summed E-state index contributed by atoms with van der Waals surface area (Å²) < 4.78 is 0. The van der Waals surface area contributed by atoms with Gasteiger partial charge >= 0.3 is 0 Å². The molecule has 21 heavy (non-hydrogen) atoms. The van der Waals surface area contributed by atoms with Gasteiger partial charge in [0.2, 0.25) is 0 Å². The highest BCUT2D eigenvalue weighted by Gasteiger charge is 2.51. The van der Waals surface area contributed by atoms with Crippen LogP contribution in [0.25, 0.3) is 0 Å². The van der Waals surface area contributed by atoms with Gasteiger partial charge in [-0.3, -0.25) is 0 Å². The Morgan fingerprint density at radius 1 is 1.10 bits per heavy atom. The van der Waals surface area contributed by atoms with Crippen LogP contribution in [0.4, 0.5) is 0 Å². The molecule has 4 saturated carbocycles. The van der Waals surface area contributed by atoms with Crippen LogP contribution in [0.5, 0.6) is 0 Å². The first-order valence-electron chi connectivity index (χ1n) is 9.00. The maximum atomic E-state index is 6.64. The Bertz CT molecular complexity index is 483. The fourth-order valence-electron chi connectivity index (χ4n) is 6.17. The summed E-state index contributed by atoms with van der Waals surface area (Å²) in [6, 6.07) is 9.23. The minimum absolute atomic E-state index is 0.243. The molecule has 4 fully saturated rings. The number of nitrogens with two attached hydrogens (primary N) is 1. The van der Waals surface area contributed by atoms with E-state index in [1.165, 1.54) is 56.1 Å². The van der Waals surface area contributed by atoms with Gasteiger partial charge in [0.1, 0.15) is 0 Å². The van der Waals surface area contributed by atoms with Crippen molar-refractivity contribution in [3.63, 3.8) is 0 Å². The molecule has 114 valence electrons. The zero-order valence-electron chi connectivity index (χ0n) is 13.4. The van der Waals surface area contributed by atoms with E-state index in [9.17, 15) is 0 Å². The van der Waals surface area contributed by atoms with E-state index in [1.807, 2.05) is 0 Å². The van der Waals surface area contributed by atoms with E-state index in [1.54, 1.807) is 0 Å². The lowest BCUT2D eigenvalue weighted by atomic mass is 9.48. The first-order valence-corrected chi connectivity index (χ1v) is 9.00. The van der Waals surface area contributed by atoms with Crippen molar-refractivity contribution in [3.8, 4) is 0 Å². The highest BCUT2D eigenvalue weighted by molar-refractivity contribution is 5.26. The number of benzene rings is 1. The van der Waals surface area contributed by atoms with Crippen molar-refractivity contribution < 1.29 is 0 Å². The lowest BCUT2D eigenvalue weighted by Gasteiger charge is -2.57. The highest BCUT2D eigenvalue weighted by atomic mass is 14.7. The van der Waals surface area contributed by atoms with Gasteiger partial charge in [-0.25, -0.2) is 0 Å². The monoisotopic (exact) mass is 283 g/mol. The second-order valence-corrected chi connectivity index (χ2v) is 8.33. The van der Waals surface area contributed by atoms with Crippen molar-refractivity contribution in [1.29, 1.82) is 0 Å². The molecule has 0 aliphatic heterocycles. The van der Waals surface area contributed by atoms with E-state index in [4.69, 9.17) is 5.73 Å². The Balaban J connectivity index is 1.52. The van der Waals surface area contributed by atoms with Crippen LogP contribution in [0.1, 0.15) is 69.0 Å². The molecule has 0 aromatic heterocycles. The van der Waals surface area contributed by atoms with Crippen molar-refractivity contribution in [2.45, 2.75) is 64.3 Å². The van der Waals surface area contributed by atoms with Crippen LogP contribution in [0.15, 0.2) is 24.3 Å². The third-order valence-corrected chi connectivity index (χ3v) is 6.61. The SMILES string of the molecule is CCc1cccc(C(N)CC23CC4CC(CC(C4)C2)C3)c1. The molecule has 1 aromatic rings. The summed E-state index contributed by atoms with van der Waals surface area (Å²) in [6.07, 6.45) is 11.3. The standard InChI is InChI=1S/C20H29N/c1-2-14-4-3-5-18(9-14)19(21)13-20-10-15-6-16(11-20)8-17(7-15)12-20/h3-5,9,15-17,19H,2,6-8,10-13,21H2,1H3. The van der Waals surface area contributed by atoms with Gasteiger partial charge in [-0.1, -0.05) is 31.2 Å². The first-order chi connectivity index (χ1) is 10.2. The molecule has 5 rings (SSSR count). The quantitative estimate of drug-likeness (QED) is 0.839. The van der Waals surface area contributed by atoms with E-state index >= 15 is 0 Å². The van der Waals surface area contributed by atoms with Gasteiger partial charge in [0.05, 0.1) is 0 Å². The predicted octanol–water partition coefficient (Wildman–Crippen LogP) is 4.86. The van der Waals surface area contributed by atoms with Crippen LogP contribution in [-0.4, -0.2) is 0 Å². The van der Waals surface area contributed by atoms with E-state index < -0.39 is 0 Å². The number of hydrogen-bond donors (Lipinski definition) is 1. The highest BCUT2D eigenvalue weighted by Crippen LogP contribution is 2.62. The fraction of sp³-hybridized carbons (Fsp3) is 0.700. The van der Waals surface area contributed by atoms with Gasteiger partial charge in [0.15, 0.2) is 0 Å². The average molecular weight is 283 g/mol. The lowest BCUT2D eigenvalue weighted by Crippen LogP contribution is -2.47. The Labute approximate surface area is 129 Å². The minimum Gasteiger partial charge on any atom is -0.324 e. The van der Waals surface area contributed by atoms with Crippen LogP contribution in [0.2, 0.25) is 0 Å². The van der Waals surface area contributed by atoms with Crippen LogP contribution >= 0.6 is 0 Å². The lowest BCUT2D eigenvalue weighted by molar-refractivity contribution is -0.0605. The minimum atomic E-state index is 0.243. The largest absolute Gasteiger partial charge is 0.324 e. The van der Waals surface area contributed by atoms with Crippen molar-refractivity contribution in [3.05, 3.63) is 35.4 Å². The molecule has 4 aliphatic rings. The molecule has 0 spiro atoms. The normalized spacial score (nSPS) is 38.7. The zero-order valence-corrected chi connectivity index (χ0v) is 13.4. The van der Waals surface area contributed by atoms with Gasteiger partial charge < -0.3 is 5.73 Å². The van der Waals surface area contributed by atoms with E-state index in [2.05, 4.69) is 31.2 Å². The number of aryl methyl sites for hydroxylation is 1. The maximum absolute atomic E-state index is 6.64. The Morgan fingerprint density at radius 2 is 1.71 bits per heavy atom. The molecule has 1 nitrogen and oxygen atoms in total. The van der Waals surface area contributed by atoms with Crippen molar-refractivity contribution in [2.24, 2.45) is 28.9 Å². The van der Waals surface area contributed by atoms with E-state index in [0.717, 1.165) is 24.2 Å². The van der Waals surface area contributed by atoms with Crippen molar-refractivity contribution >= 4 is 0 Å². The number of hydrogen-bond acceptors (Lipinski definition) is 1. The molecule has 4 aliphatic carbocycles. The van der Waals surface area contributed by atoms with E-state index in [-0.39, 0.29) is 6.04 Å². The second kappa shape index (κ2) is 5.12. The third kappa shape index (κ3) is 2.54. The van der Waals surface area contributed by atoms with Crippen molar-refractivity contribution in [2.75, 3.05) is 0 Å². The number of rotatable bonds is 4. The molecule has 0 radical (unpaired) electrons. The van der Waals surface area contributed by atoms with Crippen molar-refractivity contribution in [1.82, 2.24) is 0 Å². The molecule has 0 heterocycles. The Hall–Kier alpha value is -0.820. The van der Waals surface area contributed by atoms with Gasteiger partial charge in [-0.05, 0) is 85.7 Å². The Morgan fingerprint density at radius 3 is 2.29 bits per heavy atom. The van der Waals surface area contributed by atoms with Crippen LogP contribution in [0.3, 0.4) is 0 Å². The Kier molecular flexibility index (Phi) is 3.37. The summed E-state index contributed by atoms with van der Waals surface area (Å²) in [6.45, 7) is 2.23. The fourth-order valence-corrected chi connectivity index (χ4v) is 6.17. The summed E-state index contributed by atoms with van der Waals surface area (Å²) in [4.78, 5) is 0. The molecule has 1 heteroatoms. The topological polar surface area (TPSA) is 26.0 Å². The molecule has 0 amide bonds. The zero-order chi connectivity index (χ0) is 14.4. The second-order valence-electron chi connectivity index (χ2n) is 8.33. The summed E-state index contributed by atoms with van der Waals surface area (Å²) in [5.41, 5.74) is 10.0. The van der Waals surface area contributed by atoms with E-state index in [0.29, 0.717) is 5.41 Å². The molecule has 2 N–H and O–H groups in total. The summed E-state index contributed by atoms with van der Waals surface area (Å²) in [5.74, 6) is 3.10. The van der Waals surface area contributed by atoms with Gasteiger partial charge in [-0.2, -0.15) is 0 Å². The molecule has 4 bridgehead atoms. The van der Waals surface area contributed by atoms with Crippen LogP contribution in [0, 0.1) is 23.2 Å². The third-order valence-electron chi connectivity index (χ3n) is 6.61. The van der Waals surface area contributed by atoms with Gasteiger partial charge in [0, 0.05) is 6.04 Å². The molecular weight excluding hydrogens is 254 g/mol. The molecule has 1 unspecified atom stereocenters. The van der Waals surface area contributed by atoms with Gasteiger partial charge in [-0.15, -0.1) is 0 Å². The van der Waals surface area contributed by atoms with Crippen LogP contribution < -0.4 is 5.73 Å². The molecule has 1 atom stereocenters. The summed E-state index contributed by atoms with van der Waals surface area (Å²) in [7, 11) is 0. The van der Waals surface area contributed by atoms with Crippen LogP contribution in [-0.2, 0) is 6.42 Å². The predicted molar refractivity (Wildman–Crippen MR) is 88.0 cm³/mol. The molecular formula is C20H29N. The molecule has 1 aromatic carbocycles. The first kappa shape index (κ1) is 13.8.